The van der Waals surface area contributed by atoms with Gasteiger partial charge in [0.1, 0.15) is 5.82 Å². The first-order chi connectivity index (χ1) is 14.8. The van der Waals surface area contributed by atoms with Gasteiger partial charge in [-0.15, -0.1) is 0 Å². The van der Waals surface area contributed by atoms with Gasteiger partial charge >= 0.3 is 5.97 Å². The molecule has 1 aliphatic rings. The predicted octanol–water partition coefficient (Wildman–Crippen LogP) is 3.80. The summed E-state index contributed by atoms with van der Waals surface area (Å²) in [6.07, 6.45) is 2.91. The van der Waals surface area contributed by atoms with Crippen molar-refractivity contribution < 1.29 is 23.5 Å². The maximum absolute atomic E-state index is 14.2. The molecule has 1 N–H and O–H groups in total. The van der Waals surface area contributed by atoms with E-state index in [0.717, 1.165) is 24.8 Å². The van der Waals surface area contributed by atoms with E-state index in [0.29, 0.717) is 17.5 Å². The fraction of sp³-hybridized carbons (Fsp3) is 0.375. The number of benzene rings is 2. The zero-order chi connectivity index (χ0) is 22.5. The first-order valence-electron chi connectivity index (χ1n) is 10.4. The van der Waals surface area contributed by atoms with Gasteiger partial charge in [0, 0.05) is 31.1 Å². The highest BCUT2D eigenvalue weighted by atomic mass is 19.1. The molecule has 0 spiro atoms. The van der Waals surface area contributed by atoms with Crippen molar-refractivity contribution in [1.29, 1.82) is 0 Å². The second-order valence-electron chi connectivity index (χ2n) is 7.76. The summed E-state index contributed by atoms with van der Waals surface area (Å²) < 4.78 is 18.8. The van der Waals surface area contributed by atoms with Gasteiger partial charge in [0.15, 0.2) is 0 Å². The van der Waals surface area contributed by atoms with E-state index < -0.39 is 11.8 Å². The van der Waals surface area contributed by atoms with Gasteiger partial charge in [0.25, 0.3) is 5.91 Å². The molecule has 2 atom stereocenters. The highest BCUT2D eigenvalue weighted by Crippen LogP contribution is 2.26. The third-order valence-corrected chi connectivity index (χ3v) is 5.80. The molecule has 0 radical (unpaired) electrons. The fourth-order valence-corrected chi connectivity index (χ4v) is 3.92. The van der Waals surface area contributed by atoms with E-state index in [4.69, 9.17) is 0 Å². The number of hydrogen-bond donors (Lipinski definition) is 1. The number of nitrogens with zero attached hydrogens (tertiary/aromatic N) is 1. The Labute approximate surface area is 181 Å². The first kappa shape index (κ1) is 22.5. The molecule has 7 heteroatoms. The summed E-state index contributed by atoms with van der Waals surface area (Å²) >= 11 is 0. The number of esters is 1. The number of carbonyl (C=O) groups excluding carboxylic acids is 3. The molecule has 0 bridgehead atoms. The van der Waals surface area contributed by atoms with Gasteiger partial charge in [-0.05, 0) is 54.7 Å². The second kappa shape index (κ2) is 9.73. The summed E-state index contributed by atoms with van der Waals surface area (Å²) in [7, 11) is 2.99. The lowest BCUT2D eigenvalue weighted by Crippen LogP contribution is -2.38. The number of carbonyl (C=O) groups is 3. The average Bonchev–Trinajstić information content (AvgIpc) is 3.25. The van der Waals surface area contributed by atoms with Crippen molar-refractivity contribution in [3.05, 3.63) is 59.4 Å². The lowest BCUT2D eigenvalue weighted by molar-refractivity contribution is -0.121. The molecule has 1 aliphatic carbocycles. The maximum atomic E-state index is 14.2. The summed E-state index contributed by atoms with van der Waals surface area (Å²) in [5, 5.41) is 3.00. The van der Waals surface area contributed by atoms with E-state index in [9.17, 15) is 18.8 Å². The van der Waals surface area contributed by atoms with Crippen LogP contribution in [0.1, 0.15) is 53.3 Å². The summed E-state index contributed by atoms with van der Waals surface area (Å²) in [5.41, 5.74) is 1.75. The topological polar surface area (TPSA) is 75.7 Å². The van der Waals surface area contributed by atoms with Crippen LogP contribution in [0.15, 0.2) is 42.5 Å². The SMILES string of the molecule is CCC(=O)NC1CC[C@@H](N(C)C(=O)c2ccc(-c3ccc(C(=O)OC)c(F)c3)cc2)C1. The standard InChI is InChI=1S/C24H27FN2O4/c1-4-22(28)26-18-10-11-19(14-18)27(2)23(29)16-7-5-15(6-8-16)17-9-12-20(21(25)13-17)24(30)31-3/h5-9,12-13,18-19H,4,10-11,14H2,1-3H3,(H,26,28)/t18?,19-/m1/s1. The molecule has 0 heterocycles. The Balaban J connectivity index is 1.67. The number of rotatable bonds is 6. The molecule has 164 valence electrons. The number of halogens is 1. The van der Waals surface area contributed by atoms with Crippen LogP contribution in [0.5, 0.6) is 0 Å². The van der Waals surface area contributed by atoms with Crippen LogP contribution >= 0.6 is 0 Å². The Morgan fingerprint density at radius 3 is 2.39 bits per heavy atom. The minimum absolute atomic E-state index is 0.0336. The van der Waals surface area contributed by atoms with Crippen molar-refractivity contribution in [3.8, 4) is 11.1 Å². The molecule has 0 aromatic heterocycles. The van der Waals surface area contributed by atoms with Crippen LogP contribution in [0, 0.1) is 5.82 Å². The third kappa shape index (κ3) is 5.10. The number of ether oxygens (including phenoxy) is 1. The van der Waals surface area contributed by atoms with Crippen LogP contribution in [-0.4, -0.2) is 48.9 Å². The van der Waals surface area contributed by atoms with Crippen molar-refractivity contribution in [3.63, 3.8) is 0 Å². The van der Waals surface area contributed by atoms with Gasteiger partial charge in [0.05, 0.1) is 12.7 Å². The molecule has 2 amide bonds. The van der Waals surface area contributed by atoms with Crippen molar-refractivity contribution >= 4 is 17.8 Å². The van der Waals surface area contributed by atoms with Gasteiger partial charge in [-0.2, -0.15) is 0 Å². The Bertz CT molecular complexity index is 974. The minimum Gasteiger partial charge on any atom is -0.465 e. The number of nitrogens with one attached hydrogen (secondary N) is 1. The molecular formula is C24H27FN2O4. The van der Waals surface area contributed by atoms with E-state index in [-0.39, 0.29) is 29.5 Å². The smallest absolute Gasteiger partial charge is 0.340 e. The average molecular weight is 426 g/mol. The van der Waals surface area contributed by atoms with Crippen molar-refractivity contribution in [2.45, 2.75) is 44.7 Å². The maximum Gasteiger partial charge on any atom is 0.340 e. The number of methoxy groups -OCH3 is 1. The van der Waals surface area contributed by atoms with Gasteiger partial charge in [-0.1, -0.05) is 25.1 Å². The zero-order valence-corrected chi connectivity index (χ0v) is 18.0. The van der Waals surface area contributed by atoms with Crippen molar-refractivity contribution in [2.75, 3.05) is 14.2 Å². The first-order valence-corrected chi connectivity index (χ1v) is 10.4. The van der Waals surface area contributed by atoms with Crippen LogP contribution in [0.2, 0.25) is 0 Å². The predicted molar refractivity (Wildman–Crippen MR) is 115 cm³/mol. The summed E-state index contributed by atoms with van der Waals surface area (Å²) in [5.74, 6) is -1.44. The molecule has 1 saturated carbocycles. The van der Waals surface area contributed by atoms with Crippen LogP contribution in [0.25, 0.3) is 11.1 Å². The van der Waals surface area contributed by atoms with Crippen molar-refractivity contribution in [2.24, 2.45) is 0 Å². The highest BCUT2D eigenvalue weighted by molar-refractivity contribution is 5.95. The van der Waals surface area contributed by atoms with Crippen molar-refractivity contribution in [1.82, 2.24) is 10.2 Å². The lowest BCUT2D eigenvalue weighted by Gasteiger charge is -2.25. The van der Waals surface area contributed by atoms with E-state index in [1.54, 1.807) is 42.3 Å². The Kier molecular flexibility index (Phi) is 7.05. The fourth-order valence-electron chi connectivity index (χ4n) is 3.92. The number of hydrogen-bond acceptors (Lipinski definition) is 4. The van der Waals surface area contributed by atoms with Gasteiger partial charge in [-0.25, -0.2) is 9.18 Å². The molecule has 0 aliphatic heterocycles. The summed E-state index contributed by atoms with van der Waals surface area (Å²) in [6, 6.07) is 11.4. The Morgan fingerprint density at radius 2 is 1.77 bits per heavy atom. The van der Waals surface area contributed by atoms with Crippen LogP contribution in [0.3, 0.4) is 0 Å². The molecule has 1 fully saturated rings. The molecule has 0 saturated heterocycles. The van der Waals surface area contributed by atoms with E-state index in [2.05, 4.69) is 10.1 Å². The Morgan fingerprint density at radius 1 is 1.10 bits per heavy atom. The summed E-state index contributed by atoms with van der Waals surface area (Å²) in [6.45, 7) is 1.82. The second-order valence-corrected chi connectivity index (χ2v) is 7.76. The zero-order valence-electron chi connectivity index (χ0n) is 18.0. The molecule has 2 aromatic carbocycles. The van der Waals surface area contributed by atoms with Crippen LogP contribution in [-0.2, 0) is 9.53 Å². The monoisotopic (exact) mass is 426 g/mol. The number of amides is 2. The molecule has 31 heavy (non-hydrogen) atoms. The molecule has 1 unspecified atom stereocenters. The van der Waals surface area contributed by atoms with Gasteiger partial charge < -0.3 is 15.0 Å². The normalized spacial score (nSPS) is 17.8. The lowest BCUT2D eigenvalue weighted by atomic mass is 10.0. The van der Waals surface area contributed by atoms with E-state index >= 15 is 0 Å². The minimum atomic E-state index is -0.726. The largest absolute Gasteiger partial charge is 0.465 e. The van der Waals surface area contributed by atoms with Crippen LogP contribution < -0.4 is 5.32 Å². The van der Waals surface area contributed by atoms with E-state index in [1.807, 2.05) is 6.92 Å². The van der Waals surface area contributed by atoms with E-state index in [1.165, 1.54) is 19.2 Å². The van der Waals surface area contributed by atoms with Crippen LogP contribution in [0.4, 0.5) is 4.39 Å². The quantitative estimate of drug-likeness (QED) is 0.713. The molecule has 3 rings (SSSR count). The molecular weight excluding hydrogens is 399 g/mol. The molecule has 6 nitrogen and oxygen atoms in total. The summed E-state index contributed by atoms with van der Waals surface area (Å²) in [4.78, 5) is 37.8. The van der Waals surface area contributed by atoms with Gasteiger partial charge in [0.2, 0.25) is 5.91 Å². The van der Waals surface area contributed by atoms with Gasteiger partial charge in [-0.3, -0.25) is 9.59 Å². The highest BCUT2D eigenvalue weighted by Gasteiger charge is 2.30. The molecule has 2 aromatic rings. The third-order valence-electron chi connectivity index (χ3n) is 5.80. The Hall–Kier alpha value is -3.22.